The first-order chi connectivity index (χ1) is 9.38. The molecule has 0 aliphatic heterocycles. The van der Waals surface area contributed by atoms with E-state index in [-0.39, 0.29) is 5.82 Å². The van der Waals surface area contributed by atoms with Crippen LogP contribution in [0, 0.1) is 25.6 Å². The predicted octanol–water partition coefficient (Wildman–Crippen LogP) is 2.43. The molecule has 2 N–H and O–H groups in total. The van der Waals surface area contributed by atoms with Crippen molar-refractivity contribution in [2.24, 2.45) is 5.92 Å². The minimum Gasteiger partial charge on any atom is -0.480 e. The molecule has 108 valence electrons. The first-order valence-corrected chi connectivity index (χ1v) is 6.69. The Morgan fingerprint density at radius 3 is 2.35 bits per heavy atom. The van der Waals surface area contributed by atoms with Gasteiger partial charge in [0.1, 0.15) is 11.9 Å². The molecule has 0 radical (unpaired) electrons. The maximum absolute atomic E-state index is 13.5. The van der Waals surface area contributed by atoms with Gasteiger partial charge in [-0.2, -0.15) is 0 Å². The van der Waals surface area contributed by atoms with Crippen molar-refractivity contribution in [1.82, 2.24) is 5.32 Å². The molecule has 1 amide bonds. The number of carboxylic acid groups (broad SMARTS) is 1. The summed E-state index contributed by atoms with van der Waals surface area (Å²) in [5.41, 5.74) is 1.05. The summed E-state index contributed by atoms with van der Waals surface area (Å²) >= 11 is 0. The van der Waals surface area contributed by atoms with Crippen molar-refractivity contribution in [2.75, 3.05) is 0 Å². The number of rotatable bonds is 5. The molecule has 4 nitrogen and oxygen atoms in total. The van der Waals surface area contributed by atoms with Crippen LogP contribution >= 0.6 is 0 Å². The van der Waals surface area contributed by atoms with Gasteiger partial charge in [-0.25, -0.2) is 9.18 Å². The quantitative estimate of drug-likeness (QED) is 0.870. The standard InChI is InChI=1S/C15H18FNO3/c1-8-5-11(6-9(2)13(8)16)14(18)17-12(15(19)20)7-10-3-4-10/h5-6,10,12H,3-4,7H2,1-2H3,(H,17,18)(H,19,20). The van der Waals surface area contributed by atoms with Gasteiger partial charge in [-0.15, -0.1) is 0 Å². The molecular formula is C15H18FNO3. The highest BCUT2D eigenvalue weighted by Crippen LogP contribution is 2.33. The molecule has 0 spiro atoms. The maximum atomic E-state index is 13.5. The Morgan fingerprint density at radius 2 is 1.90 bits per heavy atom. The van der Waals surface area contributed by atoms with Crippen molar-refractivity contribution in [2.45, 2.75) is 39.2 Å². The lowest BCUT2D eigenvalue weighted by molar-refractivity contribution is -0.139. The van der Waals surface area contributed by atoms with Crippen LogP contribution in [-0.2, 0) is 4.79 Å². The Balaban J connectivity index is 2.11. The van der Waals surface area contributed by atoms with Crippen molar-refractivity contribution in [3.63, 3.8) is 0 Å². The van der Waals surface area contributed by atoms with Gasteiger partial charge < -0.3 is 10.4 Å². The van der Waals surface area contributed by atoms with Crippen molar-refractivity contribution < 1.29 is 19.1 Å². The van der Waals surface area contributed by atoms with Crippen LogP contribution in [0.15, 0.2) is 12.1 Å². The number of carbonyl (C=O) groups is 2. The summed E-state index contributed by atoms with van der Waals surface area (Å²) in [4.78, 5) is 23.2. The van der Waals surface area contributed by atoms with E-state index in [0.29, 0.717) is 29.0 Å². The summed E-state index contributed by atoms with van der Waals surface area (Å²) in [6.45, 7) is 3.16. The summed E-state index contributed by atoms with van der Waals surface area (Å²) in [6.07, 6.45) is 2.50. The van der Waals surface area contributed by atoms with Crippen LogP contribution in [0.2, 0.25) is 0 Å². The Bertz CT molecular complexity index is 529. The second kappa shape index (κ2) is 5.61. The van der Waals surface area contributed by atoms with E-state index in [1.165, 1.54) is 12.1 Å². The molecule has 1 fully saturated rings. The van der Waals surface area contributed by atoms with E-state index < -0.39 is 17.9 Å². The van der Waals surface area contributed by atoms with Gasteiger partial charge in [0.25, 0.3) is 5.91 Å². The zero-order valence-corrected chi connectivity index (χ0v) is 11.6. The van der Waals surface area contributed by atoms with Gasteiger partial charge in [0.15, 0.2) is 0 Å². The van der Waals surface area contributed by atoms with Crippen molar-refractivity contribution in [3.05, 3.63) is 34.6 Å². The molecule has 1 saturated carbocycles. The third-order valence-corrected chi connectivity index (χ3v) is 3.57. The fourth-order valence-electron chi connectivity index (χ4n) is 2.23. The first-order valence-electron chi connectivity index (χ1n) is 6.69. The summed E-state index contributed by atoms with van der Waals surface area (Å²) in [7, 11) is 0. The van der Waals surface area contributed by atoms with Crippen molar-refractivity contribution in [1.29, 1.82) is 0 Å². The number of aliphatic carboxylic acids is 1. The van der Waals surface area contributed by atoms with E-state index in [1.54, 1.807) is 13.8 Å². The SMILES string of the molecule is Cc1cc(C(=O)NC(CC2CC2)C(=O)O)cc(C)c1F. The number of carbonyl (C=O) groups excluding carboxylic acids is 1. The van der Waals surface area contributed by atoms with Gasteiger partial charge in [0.2, 0.25) is 0 Å². The maximum Gasteiger partial charge on any atom is 0.326 e. The number of carboxylic acids is 1. The van der Waals surface area contributed by atoms with E-state index in [2.05, 4.69) is 5.32 Å². The summed E-state index contributed by atoms with van der Waals surface area (Å²) < 4.78 is 13.5. The van der Waals surface area contributed by atoms with Crippen LogP contribution in [0.25, 0.3) is 0 Å². The Hall–Kier alpha value is -1.91. The van der Waals surface area contributed by atoms with Gasteiger partial charge in [-0.05, 0) is 49.4 Å². The van der Waals surface area contributed by atoms with E-state index in [9.17, 15) is 14.0 Å². The topological polar surface area (TPSA) is 66.4 Å². The van der Waals surface area contributed by atoms with Crippen LogP contribution in [-0.4, -0.2) is 23.0 Å². The Morgan fingerprint density at radius 1 is 1.35 bits per heavy atom. The van der Waals surface area contributed by atoms with Crippen molar-refractivity contribution >= 4 is 11.9 Å². The lowest BCUT2D eigenvalue weighted by Crippen LogP contribution is -2.41. The molecule has 0 aromatic heterocycles. The van der Waals surface area contributed by atoms with Crippen LogP contribution in [0.5, 0.6) is 0 Å². The van der Waals surface area contributed by atoms with Crippen LogP contribution < -0.4 is 5.32 Å². The number of amides is 1. The molecule has 1 aliphatic carbocycles. The third kappa shape index (κ3) is 3.35. The number of halogens is 1. The van der Waals surface area contributed by atoms with Gasteiger partial charge in [0.05, 0.1) is 0 Å². The average molecular weight is 279 g/mol. The molecule has 1 aliphatic rings. The number of hydrogen-bond acceptors (Lipinski definition) is 2. The summed E-state index contributed by atoms with van der Waals surface area (Å²) in [5, 5.41) is 11.6. The molecule has 1 atom stereocenters. The number of benzene rings is 1. The normalized spacial score (nSPS) is 15.8. The molecule has 0 saturated heterocycles. The summed E-state index contributed by atoms with van der Waals surface area (Å²) in [5.74, 6) is -1.44. The third-order valence-electron chi connectivity index (χ3n) is 3.57. The highest BCUT2D eigenvalue weighted by Gasteiger charge is 2.30. The van der Waals surface area contributed by atoms with Crippen LogP contribution in [0.4, 0.5) is 4.39 Å². The van der Waals surface area contributed by atoms with Crippen LogP contribution in [0.3, 0.4) is 0 Å². The Labute approximate surface area is 117 Å². The van der Waals surface area contributed by atoms with Crippen molar-refractivity contribution in [3.8, 4) is 0 Å². The average Bonchev–Trinajstić information content (AvgIpc) is 3.18. The highest BCUT2D eigenvalue weighted by molar-refractivity contribution is 5.96. The molecule has 1 unspecified atom stereocenters. The lowest BCUT2D eigenvalue weighted by atomic mass is 10.0. The van der Waals surface area contributed by atoms with E-state index in [0.717, 1.165) is 12.8 Å². The number of nitrogens with one attached hydrogen (secondary N) is 1. The van der Waals surface area contributed by atoms with Gasteiger partial charge in [0, 0.05) is 5.56 Å². The fraction of sp³-hybridized carbons (Fsp3) is 0.467. The molecule has 0 heterocycles. The number of hydrogen-bond donors (Lipinski definition) is 2. The van der Waals surface area contributed by atoms with E-state index >= 15 is 0 Å². The predicted molar refractivity (Wildman–Crippen MR) is 72.1 cm³/mol. The first kappa shape index (κ1) is 14.5. The van der Waals surface area contributed by atoms with E-state index in [1.807, 2.05) is 0 Å². The zero-order valence-electron chi connectivity index (χ0n) is 11.6. The smallest absolute Gasteiger partial charge is 0.326 e. The number of aryl methyl sites for hydroxylation is 2. The highest BCUT2D eigenvalue weighted by atomic mass is 19.1. The molecule has 5 heteroatoms. The molecular weight excluding hydrogens is 261 g/mol. The second-order valence-electron chi connectivity index (χ2n) is 5.47. The minimum absolute atomic E-state index is 0.295. The van der Waals surface area contributed by atoms with E-state index in [4.69, 9.17) is 5.11 Å². The zero-order chi connectivity index (χ0) is 14.9. The molecule has 0 bridgehead atoms. The van der Waals surface area contributed by atoms with Gasteiger partial charge in [-0.1, -0.05) is 12.8 Å². The van der Waals surface area contributed by atoms with Gasteiger partial charge in [-0.3, -0.25) is 4.79 Å². The largest absolute Gasteiger partial charge is 0.480 e. The van der Waals surface area contributed by atoms with Crippen LogP contribution in [0.1, 0.15) is 40.7 Å². The molecule has 1 aromatic rings. The molecule has 2 rings (SSSR count). The molecule has 20 heavy (non-hydrogen) atoms. The minimum atomic E-state index is -1.03. The molecule has 1 aromatic carbocycles. The van der Waals surface area contributed by atoms with Gasteiger partial charge >= 0.3 is 5.97 Å². The second-order valence-corrected chi connectivity index (χ2v) is 5.47. The monoisotopic (exact) mass is 279 g/mol. The summed E-state index contributed by atoms with van der Waals surface area (Å²) in [6, 6.07) is 2.00. The fourth-order valence-corrected chi connectivity index (χ4v) is 2.23. The lowest BCUT2D eigenvalue weighted by Gasteiger charge is -2.15. The Kier molecular flexibility index (Phi) is 4.06.